The first-order valence-corrected chi connectivity index (χ1v) is 4.81. The predicted molar refractivity (Wildman–Crippen MR) is 36.0 cm³/mol. The summed E-state index contributed by atoms with van der Waals surface area (Å²) >= 11 is 5.21. The zero-order valence-corrected chi connectivity index (χ0v) is 6.65. The van der Waals surface area contributed by atoms with Gasteiger partial charge in [0.2, 0.25) is 15.9 Å². The zero-order chi connectivity index (χ0) is 7.78. The van der Waals surface area contributed by atoms with Crippen LogP contribution < -0.4 is 0 Å². The van der Waals surface area contributed by atoms with Gasteiger partial charge in [-0.3, -0.25) is 4.79 Å². The molecule has 0 spiro atoms. The molecular formula is C4H6ClNO3S. The van der Waals surface area contributed by atoms with Crippen molar-refractivity contribution in [1.82, 2.24) is 4.31 Å². The van der Waals surface area contributed by atoms with E-state index < -0.39 is 15.9 Å². The molecule has 1 rings (SSSR count). The van der Waals surface area contributed by atoms with E-state index in [-0.39, 0.29) is 18.2 Å². The highest BCUT2D eigenvalue weighted by molar-refractivity contribution is 7.90. The summed E-state index contributed by atoms with van der Waals surface area (Å²) in [7, 11) is -3.33. The minimum atomic E-state index is -3.33. The molecule has 0 bridgehead atoms. The minimum Gasteiger partial charge on any atom is -0.274 e. The fourth-order valence-corrected chi connectivity index (χ4v) is 2.53. The Morgan fingerprint density at radius 1 is 1.60 bits per heavy atom. The molecule has 0 atom stereocenters. The molecule has 1 heterocycles. The van der Waals surface area contributed by atoms with E-state index >= 15 is 0 Å². The van der Waals surface area contributed by atoms with Gasteiger partial charge in [0.05, 0.1) is 5.75 Å². The second kappa shape index (κ2) is 2.39. The van der Waals surface area contributed by atoms with Gasteiger partial charge in [-0.15, -0.1) is 11.6 Å². The first kappa shape index (κ1) is 7.81. The molecule has 58 valence electrons. The van der Waals surface area contributed by atoms with Crippen LogP contribution in [0.3, 0.4) is 0 Å². The van der Waals surface area contributed by atoms with Gasteiger partial charge >= 0.3 is 0 Å². The maximum atomic E-state index is 10.8. The van der Waals surface area contributed by atoms with Gasteiger partial charge in [0.25, 0.3) is 0 Å². The van der Waals surface area contributed by atoms with E-state index in [0.29, 0.717) is 4.31 Å². The van der Waals surface area contributed by atoms with Gasteiger partial charge < -0.3 is 0 Å². The number of sulfonamides is 1. The molecule has 1 aliphatic rings. The van der Waals surface area contributed by atoms with Crippen LogP contribution >= 0.6 is 11.6 Å². The normalized spacial score (nSPS) is 23.7. The Hall–Kier alpha value is -0.290. The molecule has 1 fully saturated rings. The maximum absolute atomic E-state index is 10.8. The third-order valence-electron chi connectivity index (χ3n) is 1.30. The third kappa shape index (κ3) is 1.11. The van der Waals surface area contributed by atoms with Gasteiger partial charge in [0.1, 0.15) is 6.00 Å². The fourth-order valence-electron chi connectivity index (χ4n) is 0.747. The van der Waals surface area contributed by atoms with Crippen LogP contribution in [0.5, 0.6) is 0 Å². The summed E-state index contributed by atoms with van der Waals surface area (Å²) in [6.07, 6.45) is 0.0645. The second-order valence-electron chi connectivity index (χ2n) is 1.93. The Labute approximate surface area is 63.8 Å². The van der Waals surface area contributed by atoms with Crippen molar-refractivity contribution >= 4 is 27.5 Å². The van der Waals surface area contributed by atoms with Crippen molar-refractivity contribution in [3.63, 3.8) is 0 Å². The van der Waals surface area contributed by atoms with Crippen LogP contribution in [0.25, 0.3) is 0 Å². The first-order chi connectivity index (χ1) is 4.58. The highest BCUT2D eigenvalue weighted by Crippen LogP contribution is 2.14. The molecule has 1 amide bonds. The molecule has 4 nitrogen and oxygen atoms in total. The summed E-state index contributed by atoms with van der Waals surface area (Å²) in [6.45, 7) is 0. The van der Waals surface area contributed by atoms with E-state index in [1.165, 1.54) is 0 Å². The number of halogens is 1. The Balaban J connectivity index is 2.95. The molecular weight excluding hydrogens is 178 g/mol. The van der Waals surface area contributed by atoms with Crippen LogP contribution in [-0.2, 0) is 14.8 Å². The van der Waals surface area contributed by atoms with E-state index in [1.54, 1.807) is 0 Å². The first-order valence-electron chi connectivity index (χ1n) is 2.67. The number of hydrogen-bond acceptors (Lipinski definition) is 3. The van der Waals surface area contributed by atoms with E-state index in [9.17, 15) is 13.2 Å². The third-order valence-corrected chi connectivity index (χ3v) is 3.40. The number of amides is 1. The highest BCUT2D eigenvalue weighted by atomic mass is 35.5. The van der Waals surface area contributed by atoms with Gasteiger partial charge in [0.15, 0.2) is 0 Å². The summed E-state index contributed by atoms with van der Waals surface area (Å²) in [5, 5.41) is 0. The van der Waals surface area contributed by atoms with Crippen LogP contribution in [0.2, 0.25) is 0 Å². The van der Waals surface area contributed by atoms with Crippen molar-refractivity contribution in [2.75, 3.05) is 11.8 Å². The van der Waals surface area contributed by atoms with Crippen LogP contribution in [0, 0.1) is 0 Å². The monoisotopic (exact) mass is 183 g/mol. The molecule has 0 radical (unpaired) electrons. The number of carbonyl (C=O) groups excluding carboxylic acids is 1. The molecule has 0 unspecified atom stereocenters. The predicted octanol–water partition coefficient (Wildman–Crippen LogP) is -0.255. The van der Waals surface area contributed by atoms with Crippen LogP contribution in [0.4, 0.5) is 0 Å². The Morgan fingerprint density at radius 2 is 2.20 bits per heavy atom. The van der Waals surface area contributed by atoms with Gasteiger partial charge in [-0.25, -0.2) is 12.7 Å². The molecule has 0 aliphatic carbocycles. The van der Waals surface area contributed by atoms with E-state index in [4.69, 9.17) is 11.6 Å². The lowest BCUT2D eigenvalue weighted by atomic mass is 10.5. The lowest BCUT2D eigenvalue weighted by molar-refractivity contribution is -0.124. The molecule has 6 heteroatoms. The molecule has 1 aliphatic heterocycles. The van der Waals surface area contributed by atoms with Gasteiger partial charge in [0, 0.05) is 6.42 Å². The lowest BCUT2D eigenvalue weighted by Gasteiger charge is -2.08. The van der Waals surface area contributed by atoms with E-state index in [2.05, 4.69) is 0 Å². The Bertz CT molecular complexity index is 247. The van der Waals surface area contributed by atoms with Crippen molar-refractivity contribution in [2.24, 2.45) is 0 Å². The van der Waals surface area contributed by atoms with E-state index in [0.717, 1.165) is 0 Å². The van der Waals surface area contributed by atoms with E-state index in [1.807, 2.05) is 0 Å². The quantitative estimate of drug-likeness (QED) is 0.416. The molecule has 0 N–H and O–H groups in total. The van der Waals surface area contributed by atoms with Gasteiger partial charge in [-0.1, -0.05) is 0 Å². The average Bonchev–Trinajstić information content (AvgIpc) is 2.07. The molecule has 10 heavy (non-hydrogen) atoms. The summed E-state index contributed by atoms with van der Waals surface area (Å²) in [5.74, 6) is -0.506. The van der Waals surface area contributed by atoms with Crippen LogP contribution in [-0.4, -0.2) is 30.4 Å². The van der Waals surface area contributed by atoms with Crippen molar-refractivity contribution in [1.29, 1.82) is 0 Å². The van der Waals surface area contributed by atoms with Crippen molar-refractivity contribution in [3.05, 3.63) is 0 Å². The molecule has 0 aromatic rings. The number of carbonyl (C=O) groups is 1. The molecule has 0 aromatic heterocycles. The van der Waals surface area contributed by atoms with Gasteiger partial charge in [-0.2, -0.15) is 0 Å². The molecule has 0 aromatic carbocycles. The number of alkyl halides is 1. The summed E-state index contributed by atoms with van der Waals surface area (Å²) in [6, 6.07) is -0.263. The van der Waals surface area contributed by atoms with Gasteiger partial charge in [-0.05, 0) is 0 Å². The largest absolute Gasteiger partial charge is 0.274 e. The summed E-state index contributed by atoms with van der Waals surface area (Å²) in [4.78, 5) is 10.7. The second-order valence-corrected chi connectivity index (χ2v) is 4.18. The SMILES string of the molecule is O=C1CCS(=O)(=O)N1CCl. The molecule has 1 saturated heterocycles. The smallest absolute Gasteiger partial charge is 0.238 e. The minimum absolute atomic E-state index is 0.0645. The fraction of sp³-hybridized carbons (Fsp3) is 0.750. The Kier molecular flexibility index (Phi) is 1.87. The van der Waals surface area contributed by atoms with Crippen LogP contribution in [0.15, 0.2) is 0 Å². The van der Waals surface area contributed by atoms with Crippen molar-refractivity contribution in [2.45, 2.75) is 6.42 Å². The van der Waals surface area contributed by atoms with Crippen LogP contribution in [0.1, 0.15) is 6.42 Å². The lowest BCUT2D eigenvalue weighted by Crippen LogP contribution is -2.27. The van der Waals surface area contributed by atoms with Crippen molar-refractivity contribution < 1.29 is 13.2 Å². The summed E-state index contributed by atoms with van der Waals surface area (Å²) < 4.78 is 22.3. The van der Waals surface area contributed by atoms with Crippen molar-refractivity contribution in [3.8, 4) is 0 Å². The summed E-state index contributed by atoms with van der Waals surface area (Å²) in [5.41, 5.74) is 0. The Morgan fingerprint density at radius 3 is 2.40 bits per heavy atom. The topological polar surface area (TPSA) is 54.5 Å². The average molecular weight is 184 g/mol. The highest BCUT2D eigenvalue weighted by Gasteiger charge is 2.33. The zero-order valence-electron chi connectivity index (χ0n) is 5.08. The maximum Gasteiger partial charge on any atom is 0.238 e. The standard InChI is InChI=1S/C4H6ClNO3S/c5-3-6-4(7)1-2-10(6,8)9/h1-3H2. The number of nitrogens with zero attached hydrogens (tertiary/aromatic N) is 1. The number of hydrogen-bond donors (Lipinski definition) is 0. The molecule has 0 saturated carbocycles. The number of rotatable bonds is 1.